The van der Waals surface area contributed by atoms with E-state index in [9.17, 15) is 0 Å². The standard InChI is InChI=1S/C16H26N6O/c1-11-14(12(2)21(5)18-11)10-22-8-6-13(7-9-22)15-17-16(19-23-15)20(3)4/h13H,6-10H2,1-5H3. The Labute approximate surface area is 137 Å². The van der Waals surface area contributed by atoms with E-state index in [4.69, 9.17) is 4.52 Å². The van der Waals surface area contributed by atoms with Crippen LogP contribution in [0, 0.1) is 13.8 Å². The van der Waals surface area contributed by atoms with Crippen molar-refractivity contribution in [2.75, 3.05) is 32.1 Å². The number of hydrogen-bond acceptors (Lipinski definition) is 6. The minimum atomic E-state index is 0.378. The summed E-state index contributed by atoms with van der Waals surface area (Å²) in [7, 11) is 5.86. The molecule has 1 saturated heterocycles. The number of hydrogen-bond donors (Lipinski definition) is 0. The normalized spacial score (nSPS) is 16.9. The SMILES string of the molecule is Cc1nn(C)c(C)c1CN1CCC(c2nc(N(C)C)no2)CC1. The van der Waals surface area contributed by atoms with Gasteiger partial charge in [0.15, 0.2) is 0 Å². The summed E-state index contributed by atoms with van der Waals surface area (Å²) < 4.78 is 7.40. The average molecular weight is 318 g/mol. The second-order valence-corrected chi connectivity index (χ2v) is 6.65. The van der Waals surface area contributed by atoms with Gasteiger partial charge in [-0.1, -0.05) is 0 Å². The van der Waals surface area contributed by atoms with Gasteiger partial charge in [0.25, 0.3) is 5.95 Å². The summed E-state index contributed by atoms with van der Waals surface area (Å²) in [5, 5.41) is 8.53. The maximum absolute atomic E-state index is 5.43. The number of likely N-dealkylation sites (tertiary alicyclic amines) is 1. The van der Waals surface area contributed by atoms with Crippen molar-refractivity contribution in [3.05, 3.63) is 22.8 Å². The fraction of sp³-hybridized carbons (Fsp3) is 0.688. The molecule has 3 heterocycles. The van der Waals surface area contributed by atoms with Gasteiger partial charge in [0.2, 0.25) is 5.89 Å². The molecular formula is C16H26N6O. The number of nitrogens with zero attached hydrogens (tertiary/aromatic N) is 6. The van der Waals surface area contributed by atoms with Gasteiger partial charge in [-0.15, -0.1) is 0 Å². The van der Waals surface area contributed by atoms with Gasteiger partial charge in [-0.3, -0.25) is 9.58 Å². The molecule has 1 aliphatic rings. The highest BCUT2D eigenvalue weighted by molar-refractivity contribution is 5.25. The molecule has 0 aliphatic carbocycles. The van der Waals surface area contributed by atoms with Gasteiger partial charge in [0.1, 0.15) is 0 Å². The third kappa shape index (κ3) is 3.24. The summed E-state index contributed by atoms with van der Waals surface area (Å²) in [5.41, 5.74) is 3.76. The van der Waals surface area contributed by atoms with Gasteiger partial charge in [0, 0.05) is 44.9 Å². The topological polar surface area (TPSA) is 63.2 Å². The van der Waals surface area contributed by atoms with Gasteiger partial charge in [0.05, 0.1) is 5.69 Å². The van der Waals surface area contributed by atoms with Crippen molar-refractivity contribution < 1.29 is 4.52 Å². The van der Waals surface area contributed by atoms with Crippen LogP contribution in [0.5, 0.6) is 0 Å². The lowest BCUT2D eigenvalue weighted by atomic mass is 9.96. The molecule has 0 unspecified atom stereocenters. The first kappa shape index (κ1) is 16.0. The van der Waals surface area contributed by atoms with Crippen LogP contribution in [0.15, 0.2) is 4.52 Å². The van der Waals surface area contributed by atoms with E-state index in [2.05, 4.69) is 34.0 Å². The van der Waals surface area contributed by atoms with E-state index in [0.29, 0.717) is 11.9 Å². The molecule has 7 nitrogen and oxygen atoms in total. The molecule has 3 rings (SSSR count). The van der Waals surface area contributed by atoms with Crippen LogP contribution in [-0.4, -0.2) is 52.0 Å². The van der Waals surface area contributed by atoms with Gasteiger partial charge in [-0.05, 0) is 44.9 Å². The lowest BCUT2D eigenvalue weighted by molar-refractivity contribution is 0.187. The highest BCUT2D eigenvalue weighted by atomic mass is 16.5. The van der Waals surface area contributed by atoms with Crippen molar-refractivity contribution in [3.63, 3.8) is 0 Å². The van der Waals surface area contributed by atoms with Crippen molar-refractivity contribution in [3.8, 4) is 0 Å². The van der Waals surface area contributed by atoms with Crippen LogP contribution in [0.4, 0.5) is 5.95 Å². The average Bonchev–Trinajstić information content (AvgIpc) is 3.10. The molecule has 0 radical (unpaired) electrons. The fourth-order valence-electron chi connectivity index (χ4n) is 3.18. The molecule has 1 fully saturated rings. The second-order valence-electron chi connectivity index (χ2n) is 6.65. The van der Waals surface area contributed by atoms with Crippen LogP contribution in [0.25, 0.3) is 0 Å². The molecule has 2 aromatic heterocycles. The van der Waals surface area contributed by atoms with Gasteiger partial charge in [-0.2, -0.15) is 10.1 Å². The molecular weight excluding hydrogens is 292 g/mol. The van der Waals surface area contributed by atoms with Crippen molar-refractivity contribution in [1.29, 1.82) is 0 Å². The maximum Gasteiger partial charge on any atom is 0.265 e. The zero-order valence-corrected chi connectivity index (χ0v) is 14.7. The predicted octanol–water partition coefficient (Wildman–Crippen LogP) is 1.87. The summed E-state index contributed by atoms with van der Waals surface area (Å²) >= 11 is 0. The Morgan fingerprint density at radius 3 is 2.43 bits per heavy atom. The first-order valence-corrected chi connectivity index (χ1v) is 8.18. The van der Waals surface area contributed by atoms with Crippen molar-refractivity contribution in [2.24, 2.45) is 7.05 Å². The van der Waals surface area contributed by atoms with Crippen LogP contribution in [0.3, 0.4) is 0 Å². The molecule has 0 saturated carbocycles. The lowest BCUT2D eigenvalue weighted by Gasteiger charge is -2.30. The van der Waals surface area contributed by atoms with Crippen LogP contribution >= 0.6 is 0 Å². The summed E-state index contributed by atoms with van der Waals surface area (Å²) in [6, 6.07) is 0. The summed E-state index contributed by atoms with van der Waals surface area (Å²) in [6.07, 6.45) is 2.13. The molecule has 0 N–H and O–H groups in total. The Bertz CT molecular complexity index is 666. The zero-order chi connectivity index (χ0) is 16.6. The van der Waals surface area contributed by atoms with Crippen LogP contribution in [-0.2, 0) is 13.6 Å². The summed E-state index contributed by atoms with van der Waals surface area (Å²) in [6.45, 7) is 7.32. The van der Waals surface area contributed by atoms with Crippen molar-refractivity contribution in [1.82, 2.24) is 24.8 Å². The Hall–Kier alpha value is -1.89. The molecule has 2 aromatic rings. The highest BCUT2D eigenvalue weighted by Crippen LogP contribution is 2.29. The van der Waals surface area contributed by atoms with E-state index in [0.717, 1.165) is 44.1 Å². The maximum atomic E-state index is 5.43. The van der Waals surface area contributed by atoms with E-state index < -0.39 is 0 Å². The lowest BCUT2D eigenvalue weighted by Crippen LogP contribution is -2.32. The second kappa shape index (κ2) is 6.31. The molecule has 0 spiro atoms. The minimum absolute atomic E-state index is 0.378. The van der Waals surface area contributed by atoms with Crippen LogP contribution < -0.4 is 4.90 Å². The number of anilines is 1. The van der Waals surface area contributed by atoms with Gasteiger partial charge >= 0.3 is 0 Å². The van der Waals surface area contributed by atoms with E-state index in [-0.39, 0.29) is 0 Å². The van der Waals surface area contributed by atoms with Gasteiger partial charge in [-0.25, -0.2) is 0 Å². The minimum Gasteiger partial charge on any atom is -0.344 e. The molecule has 23 heavy (non-hydrogen) atoms. The Balaban J connectivity index is 1.59. The molecule has 0 bridgehead atoms. The van der Waals surface area contributed by atoms with E-state index in [1.165, 1.54) is 11.3 Å². The predicted molar refractivity (Wildman–Crippen MR) is 88.6 cm³/mol. The first-order valence-electron chi connectivity index (χ1n) is 8.18. The van der Waals surface area contributed by atoms with Gasteiger partial charge < -0.3 is 9.42 Å². The molecule has 126 valence electrons. The van der Waals surface area contributed by atoms with Crippen LogP contribution in [0.2, 0.25) is 0 Å². The van der Waals surface area contributed by atoms with Crippen LogP contribution in [0.1, 0.15) is 41.6 Å². The van der Waals surface area contributed by atoms with E-state index in [1.54, 1.807) is 0 Å². The highest BCUT2D eigenvalue weighted by Gasteiger charge is 2.26. The number of aromatic nitrogens is 4. The smallest absolute Gasteiger partial charge is 0.265 e. The monoisotopic (exact) mass is 318 g/mol. The zero-order valence-electron chi connectivity index (χ0n) is 14.7. The fourth-order valence-corrected chi connectivity index (χ4v) is 3.18. The van der Waals surface area contributed by atoms with Crippen molar-refractivity contribution in [2.45, 2.75) is 39.2 Å². The Morgan fingerprint density at radius 2 is 1.91 bits per heavy atom. The third-order valence-electron chi connectivity index (χ3n) is 4.81. The number of aryl methyl sites for hydroxylation is 2. The summed E-state index contributed by atoms with van der Waals surface area (Å²) in [5.74, 6) is 1.81. The van der Waals surface area contributed by atoms with Crippen molar-refractivity contribution >= 4 is 5.95 Å². The van der Waals surface area contributed by atoms with E-state index in [1.807, 2.05) is 30.7 Å². The molecule has 0 aromatic carbocycles. The third-order valence-corrected chi connectivity index (χ3v) is 4.81. The number of rotatable bonds is 4. The first-order chi connectivity index (χ1) is 11.0. The summed E-state index contributed by atoms with van der Waals surface area (Å²) in [4.78, 5) is 8.86. The quantitative estimate of drug-likeness (QED) is 0.857. The molecule has 0 atom stereocenters. The largest absolute Gasteiger partial charge is 0.344 e. The molecule has 7 heteroatoms. The Kier molecular flexibility index (Phi) is 4.39. The Morgan fingerprint density at radius 1 is 1.22 bits per heavy atom. The molecule has 0 amide bonds. The number of piperidine rings is 1. The van der Waals surface area contributed by atoms with E-state index >= 15 is 0 Å². The molecule has 1 aliphatic heterocycles.